The highest BCUT2D eigenvalue weighted by atomic mass is 19.4. The highest BCUT2D eigenvalue weighted by Crippen LogP contribution is 2.41. The predicted octanol–water partition coefficient (Wildman–Crippen LogP) is 3.62. The number of ether oxygens (including phenoxy) is 2. The molecule has 0 rings (SSSR count). The van der Waals surface area contributed by atoms with Crippen molar-refractivity contribution < 1.29 is 71.7 Å². The van der Waals surface area contributed by atoms with Crippen molar-refractivity contribution in [1.29, 1.82) is 0 Å². The number of carbonyl (C=O) groups excluding carboxylic acids is 2. The van der Waals surface area contributed by atoms with Gasteiger partial charge < -0.3 is 9.47 Å². The van der Waals surface area contributed by atoms with Crippen LogP contribution in [0.15, 0.2) is 12.2 Å². The maximum atomic E-state index is 13.0. The smallest absolute Gasteiger partial charge is 0.412 e. The van der Waals surface area contributed by atoms with Crippen LogP contribution < -0.4 is 0 Å². The van der Waals surface area contributed by atoms with Crippen molar-refractivity contribution in [3.8, 4) is 0 Å². The van der Waals surface area contributed by atoms with Crippen LogP contribution in [0.25, 0.3) is 0 Å². The second-order valence-corrected chi connectivity index (χ2v) is 4.06. The minimum absolute atomic E-state index is 0.687. The molecule has 0 amide bonds. The van der Waals surface area contributed by atoms with Gasteiger partial charge in [0.15, 0.2) is 0 Å². The first-order chi connectivity index (χ1) is 11.4. The summed E-state index contributed by atoms with van der Waals surface area (Å²) in [6, 6.07) is 0. The van der Waals surface area contributed by atoms with Gasteiger partial charge in [0.1, 0.15) is 0 Å². The summed E-state index contributed by atoms with van der Waals surface area (Å²) >= 11 is 0. The standard InChI is InChI=1S/C10H4F12O4/c11-5(12)7(15,9(17,18)19)25-3(23)1-2-4(24)26-8(16,6(13)14)10(20,21)22/h1-2,5-6H/b2-1-. The molecule has 0 radical (unpaired) electrons. The average Bonchev–Trinajstić information content (AvgIpc) is 2.42. The molecule has 152 valence electrons. The van der Waals surface area contributed by atoms with Crippen LogP contribution in [0.1, 0.15) is 0 Å². The zero-order valence-corrected chi connectivity index (χ0v) is 11.5. The Bertz CT molecular complexity index is 505. The molecule has 0 aliphatic heterocycles. The second-order valence-electron chi connectivity index (χ2n) is 4.06. The summed E-state index contributed by atoms with van der Waals surface area (Å²) in [5.74, 6) is -17.1. The van der Waals surface area contributed by atoms with Crippen molar-refractivity contribution in [3.05, 3.63) is 12.2 Å². The van der Waals surface area contributed by atoms with Gasteiger partial charge in [-0.15, -0.1) is 0 Å². The number of hydrogen-bond acceptors (Lipinski definition) is 4. The van der Waals surface area contributed by atoms with E-state index >= 15 is 0 Å². The zero-order chi connectivity index (χ0) is 21.1. The molecule has 2 unspecified atom stereocenters. The van der Waals surface area contributed by atoms with Crippen molar-refractivity contribution in [2.45, 2.75) is 36.9 Å². The normalized spacial score (nSPS) is 17.9. The van der Waals surface area contributed by atoms with E-state index in [4.69, 9.17) is 0 Å². The topological polar surface area (TPSA) is 52.6 Å². The summed E-state index contributed by atoms with van der Waals surface area (Å²) in [6.07, 6.45) is -24.2. The van der Waals surface area contributed by atoms with E-state index in [1.165, 1.54) is 0 Å². The number of hydrogen-bond donors (Lipinski definition) is 0. The first-order valence-corrected chi connectivity index (χ1v) is 5.60. The molecule has 0 aromatic carbocycles. The molecule has 0 aromatic rings. The predicted molar refractivity (Wildman–Crippen MR) is 53.1 cm³/mol. The summed E-state index contributed by atoms with van der Waals surface area (Å²) in [4.78, 5) is 21.5. The molecule has 0 bridgehead atoms. The van der Waals surface area contributed by atoms with Gasteiger partial charge in [-0.3, -0.25) is 0 Å². The van der Waals surface area contributed by atoms with Crippen LogP contribution in [-0.4, -0.2) is 48.9 Å². The van der Waals surface area contributed by atoms with Crippen LogP contribution in [0.5, 0.6) is 0 Å². The molecule has 0 aliphatic carbocycles. The van der Waals surface area contributed by atoms with Gasteiger partial charge in [-0.2, -0.15) is 35.1 Å². The number of carbonyl (C=O) groups is 2. The Kier molecular flexibility index (Phi) is 6.98. The van der Waals surface area contributed by atoms with E-state index < -0.39 is 61.0 Å². The molecule has 16 heteroatoms. The van der Waals surface area contributed by atoms with Crippen LogP contribution in [-0.2, 0) is 19.1 Å². The Hall–Kier alpha value is -2.16. The number of rotatable bonds is 6. The SMILES string of the molecule is O=C(/C=C\C(=O)OC(F)(C(F)F)C(F)(F)F)OC(F)(C(F)F)C(F)(F)F. The van der Waals surface area contributed by atoms with E-state index in [9.17, 15) is 62.3 Å². The van der Waals surface area contributed by atoms with Crippen molar-refractivity contribution in [2.24, 2.45) is 0 Å². The van der Waals surface area contributed by atoms with E-state index in [0.717, 1.165) is 0 Å². The third kappa shape index (κ3) is 5.17. The third-order valence-electron chi connectivity index (χ3n) is 2.19. The summed E-state index contributed by atoms with van der Waals surface area (Å²) in [6.45, 7) is 0. The largest absolute Gasteiger partial charge is 0.466 e. The zero-order valence-electron chi connectivity index (χ0n) is 11.5. The Balaban J connectivity index is 5.23. The highest BCUT2D eigenvalue weighted by Gasteiger charge is 2.67. The van der Waals surface area contributed by atoms with Crippen molar-refractivity contribution in [2.75, 3.05) is 0 Å². The molecule has 0 aliphatic rings. The number of esters is 2. The fraction of sp³-hybridized carbons (Fsp3) is 0.600. The Labute approximate surface area is 134 Å². The molecular weight excluding hydrogens is 412 g/mol. The highest BCUT2D eigenvalue weighted by molar-refractivity contribution is 5.92. The first-order valence-electron chi connectivity index (χ1n) is 5.60. The van der Waals surface area contributed by atoms with Gasteiger partial charge in [0, 0.05) is 12.2 Å². The van der Waals surface area contributed by atoms with Crippen LogP contribution in [0.2, 0.25) is 0 Å². The maximum Gasteiger partial charge on any atom is 0.466 e. The quantitative estimate of drug-likeness (QED) is 0.377. The molecule has 4 nitrogen and oxygen atoms in total. The van der Waals surface area contributed by atoms with Gasteiger partial charge in [-0.25, -0.2) is 27.2 Å². The Morgan fingerprint density at radius 1 is 0.615 bits per heavy atom. The van der Waals surface area contributed by atoms with Crippen molar-refractivity contribution in [3.63, 3.8) is 0 Å². The third-order valence-corrected chi connectivity index (χ3v) is 2.19. The molecule has 0 heterocycles. The van der Waals surface area contributed by atoms with Gasteiger partial charge >= 0.3 is 48.9 Å². The second kappa shape index (κ2) is 7.61. The first kappa shape index (κ1) is 23.8. The minimum Gasteiger partial charge on any atom is -0.412 e. The lowest BCUT2D eigenvalue weighted by atomic mass is 10.3. The molecule has 0 spiro atoms. The van der Waals surface area contributed by atoms with E-state index in [0.29, 0.717) is 0 Å². The lowest BCUT2D eigenvalue weighted by Gasteiger charge is -2.26. The Morgan fingerprint density at radius 2 is 0.846 bits per heavy atom. The van der Waals surface area contributed by atoms with Crippen molar-refractivity contribution >= 4 is 11.9 Å². The molecule has 0 saturated heterocycles. The minimum atomic E-state index is -6.45. The summed E-state index contributed by atoms with van der Waals surface area (Å²) in [5, 5.41) is 0. The van der Waals surface area contributed by atoms with Crippen LogP contribution in [0.4, 0.5) is 52.7 Å². The lowest BCUT2D eigenvalue weighted by molar-refractivity contribution is -0.354. The lowest BCUT2D eigenvalue weighted by Crippen LogP contribution is -2.51. The molecule has 0 N–H and O–H groups in total. The van der Waals surface area contributed by atoms with Crippen LogP contribution in [0, 0.1) is 0 Å². The Morgan fingerprint density at radius 3 is 1.00 bits per heavy atom. The summed E-state index contributed by atoms with van der Waals surface area (Å²) in [7, 11) is 0. The van der Waals surface area contributed by atoms with Gasteiger partial charge in [-0.05, 0) is 0 Å². The molecule has 0 saturated carbocycles. The molecule has 0 aromatic heterocycles. The molecular formula is C10H4F12O4. The molecule has 0 fully saturated rings. The van der Waals surface area contributed by atoms with Gasteiger partial charge in [0.05, 0.1) is 0 Å². The van der Waals surface area contributed by atoms with E-state index in [-0.39, 0.29) is 0 Å². The van der Waals surface area contributed by atoms with Gasteiger partial charge in [0.2, 0.25) is 0 Å². The number of alkyl halides is 12. The van der Waals surface area contributed by atoms with Gasteiger partial charge in [0.25, 0.3) is 0 Å². The van der Waals surface area contributed by atoms with Crippen molar-refractivity contribution in [1.82, 2.24) is 0 Å². The van der Waals surface area contributed by atoms with Crippen LogP contribution in [0.3, 0.4) is 0 Å². The molecule has 2 atom stereocenters. The molecule has 26 heavy (non-hydrogen) atoms. The fourth-order valence-corrected chi connectivity index (χ4v) is 0.949. The summed E-state index contributed by atoms with van der Waals surface area (Å²) < 4.78 is 152. The van der Waals surface area contributed by atoms with Gasteiger partial charge in [-0.1, -0.05) is 0 Å². The van der Waals surface area contributed by atoms with Crippen LogP contribution >= 0.6 is 0 Å². The summed E-state index contributed by atoms with van der Waals surface area (Å²) in [5.41, 5.74) is 0. The maximum absolute atomic E-state index is 13.0. The fourth-order valence-electron chi connectivity index (χ4n) is 0.949. The number of halogens is 12. The van der Waals surface area contributed by atoms with E-state index in [1.54, 1.807) is 0 Å². The van der Waals surface area contributed by atoms with E-state index in [2.05, 4.69) is 9.47 Å². The van der Waals surface area contributed by atoms with E-state index in [1.807, 2.05) is 0 Å². The monoisotopic (exact) mass is 416 g/mol. The average molecular weight is 416 g/mol.